The number of aromatic nitrogens is 2. The Morgan fingerprint density at radius 1 is 1.38 bits per heavy atom. The lowest BCUT2D eigenvalue weighted by molar-refractivity contribution is 0.0818. The van der Waals surface area contributed by atoms with E-state index in [2.05, 4.69) is 10.3 Å². The first-order valence-corrected chi connectivity index (χ1v) is 9.77. The van der Waals surface area contributed by atoms with Crippen molar-refractivity contribution in [3.05, 3.63) is 48.0 Å². The van der Waals surface area contributed by atoms with Crippen LogP contribution in [0.4, 0.5) is 0 Å². The molecule has 2 aromatic rings. The fraction of sp³-hybridized carbons (Fsp3) is 0.412. The molecule has 0 aromatic carbocycles. The summed E-state index contributed by atoms with van der Waals surface area (Å²) in [5.74, 6) is -0.238. The first kappa shape index (κ1) is 18.6. The zero-order valence-corrected chi connectivity index (χ0v) is 15.9. The topological polar surface area (TPSA) is 87.5 Å². The zero-order chi connectivity index (χ0) is 18.9. The van der Waals surface area contributed by atoms with Crippen molar-refractivity contribution >= 4 is 15.9 Å². The molecule has 3 heterocycles. The number of hydrogen-bond donors (Lipinski definition) is 1. The van der Waals surface area contributed by atoms with E-state index < -0.39 is 10.0 Å². The van der Waals surface area contributed by atoms with Gasteiger partial charge in [-0.1, -0.05) is 6.07 Å². The number of piperazine rings is 1. The minimum Gasteiger partial charge on any atom is -0.345 e. The molecule has 26 heavy (non-hydrogen) atoms. The molecule has 0 aliphatic carbocycles. The highest BCUT2D eigenvalue weighted by Gasteiger charge is 2.35. The van der Waals surface area contributed by atoms with Gasteiger partial charge < -0.3 is 14.8 Å². The van der Waals surface area contributed by atoms with Gasteiger partial charge in [-0.05, 0) is 17.7 Å². The van der Waals surface area contributed by atoms with Crippen molar-refractivity contribution in [1.82, 2.24) is 24.1 Å². The number of hydrogen-bond acceptors (Lipinski definition) is 5. The molecule has 1 aliphatic rings. The number of aryl methyl sites for hydroxylation is 1. The molecular formula is C17H23N5O3S. The molecule has 0 bridgehead atoms. The van der Waals surface area contributed by atoms with E-state index >= 15 is 0 Å². The van der Waals surface area contributed by atoms with Crippen LogP contribution in [0.2, 0.25) is 0 Å². The number of amides is 1. The van der Waals surface area contributed by atoms with Crippen LogP contribution < -0.4 is 5.32 Å². The SMILES string of the molecule is CN(C)C(=O)c1cc(S(=O)(=O)N2CCNCC2c2cccnc2)cn1C. The molecule has 1 N–H and O–H groups in total. The summed E-state index contributed by atoms with van der Waals surface area (Å²) in [6.07, 6.45) is 4.84. The summed E-state index contributed by atoms with van der Waals surface area (Å²) in [5.41, 5.74) is 1.17. The van der Waals surface area contributed by atoms with Gasteiger partial charge in [0.2, 0.25) is 10.0 Å². The summed E-state index contributed by atoms with van der Waals surface area (Å²) in [7, 11) is 1.20. The predicted molar refractivity (Wildman–Crippen MR) is 97.2 cm³/mol. The van der Waals surface area contributed by atoms with Gasteiger partial charge in [0.15, 0.2) is 0 Å². The summed E-state index contributed by atoms with van der Waals surface area (Å²) < 4.78 is 29.6. The van der Waals surface area contributed by atoms with E-state index in [1.807, 2.05) is 6.07 Å². The monoisotopic (exact) mass is 377 g/mol. The van der Waals surface area contributed by atoms with E-state index in [1.165, 1.54) is 21.5 Å². The molecule has 9 heteroatoms. The van der Waals surface area contributed by atoms with E-state index in [0.29, 0.717) is 25.3 Å². The lowest BCUT2D eigenvalue weighted by Gasteiger charge is -2.35. The third kappa shape index (κ3) is 3.37. The maximum absolute atomic E-state index is 13.3. The Hall–Kier alpha value is -2.23. The predicted octanol–water partition coefficient (Wildman–Crippen LogP) is 0.457. The number of nitrogens with one attached hydrogen (secondary N) is 1. The molecule has 1 unspecified atom stereocenters. The van der Waals surface area contributed by atoms with Crippen molar-refractivity contribution in [3.63, 3.8) is 0 Å². The number of sulfonamides is 1. The largest absolute Gasteiger partial charge is 0.345 e. The average Bonchev–Trinajstić information content (AvgIpc) is 3.04. The Balaban J connectivity index is 1.98. The number of pyridine rings is 1. The van der Waals surface area contributed by atoms with Gasteiger partial charge in [0, 0.05) is 59.4 Å². The van der Waals surface area contributed by atoms with Crippen LogP contribution in [-0.4, -0.2) is 66.8 Å². The Kier molecular flexibility index (Phi) is 5.12. The Bertz CT molecular complexity index is 892. The molecule has 0 radical (unpaired) electrons. The molecular weight excluding hydrogens is 354 g/mol. The molecule has 2 aromatic heterocycles. The van der Waals surface area contributed by atoms with Gasteiger partial charge >= 0.3 is 0 Å². The number of rotatable bonds is 4. The van der Waals surface area contributed by atoms with Gasteiger partial charge in [0.05, 0.1) is 6.04 Å². The van der Waals surface area contributed by atoms with Crippen LogP contribution in [0.1, 0.15) is 22.1 Å². The van der Waals surface area contributed by atoms with Gasteiger partial charge in [-0.25, -0.2) is 8.42 Å². The van der Waals surface area contributed by atoms with Crippen molar-refractivity contribution < 1.29 is 13.2 Å². The summed E-state index contributed by atoms with van der Waals surface area (Å²) in [6, 6.07) is 4.78. The van der Waals surface area contributed by atoms with E-state index in [-0.39, 0.29) is 16.8 Å². The molecule has 1 fully saturated rings. The second-order valence-corrected chi connectivity index (χ2v) is 8.38. The van der Waals surface area contributed by atoms with Crippen LogP contribution in [0.25, 0.3) is 0 Å². The first-order chi connectivity index (χ1) is 12.3. The second kappa shape index (κ2) is 7.18. The van der Waals surface area contributed by atoms with Crippen LogP contribution in [-0.2, 0) is 17.1 Å². The van der Waals surface area contributed by atoms with Gasteiger partial charge in [0.1, 0.15) is 10.6 Å². The molecule has 0 saturated carbocycles. The Labute approximate surface area is 153 Å². The van der Waals surface area contributed by atoms with Gasteiger partial charge in [-0.2, -0.15) is 4.31 Å². The molecule has 8 nitrogen and oxygen atoms in total. The van der Waals surface area contributed by atoms with Crippen molar-refractivity contribution in [2.75, 3.05) is 33.7 Å². The van der Waals surface area contributed by atoms with Gasteiger partial charge in [0.25, 0.3) is 5.91 Å². The lowest BCUT2D eigenvalue weighted by atomic mass is 10.1. The summed E-state index contributed by atoms with van der Waals surface area (Å²) in [4.78, 5) is 17.9. The third-order valence-corrected chi connectivity index (χ3v) is 6.35. The maximum Gasteiger partial charge on any atom is 0.269 e. The molecule has 1 aliphatic heterocycles. The number of nitrogens with zero attached hydrogens (tertiary/aromatic N) is 4. The number of carbonyl (C=O) groups excluding carboxylic acids is 1. The van der Waals surface area contributed by atoms with Gasteiger partial charge in [-0.15, -0.1) is 0 Å². The number of carbonyl (C=O) groups is 1. The summed E-state index contributed by atoms with van der Waals surface area (Å²) in [5, 5.41) is 3.24. The van der Waals surface area contributed by atoms with Crippen molar-refractivity contribution in [1.29, 1.82) is 0 Å². The van der Waals surface area contributed by atoms with Gasteiger partial charge in [-0.3, -0.25) is 9.78 Å². The fourth-order valence-electron chi connectivity index (χ4n) is 3.08. The smallest absolute Gasteiger partial charge is 0.269 e. The second-order valence-electron chi connectivity index (χ2n) is 6.49. The van der Waals surface area contributed by atoms with Crippen molar-refractivity contribution in [2.24, 2.45) is 7.05 Å². The lowest BCUT2D eigenvalue weighted by Crippen LogP contribution is -2.48. The molecule has 1 amide bonds. The maximum atomic E-state index is 13.3. The third-order valence-electron chi connectivity index (χ3n) is 4.48. The minimum absolute atomic E-state index is 0.126. The molecule has 1 atom stereocenters. The van der Waals surface area contributed by atoms with Crippen molar-refractivity contribution in [2.45, 2.75) is 10.9 Å². The average molecular weight is 377 g/mol. The Morgan fingerprint density at radius 2 is 2.15 bits per heavy atom. The standard InChI is InChI=1S/C17H23N5O3S/c1-20(2)17(23)15-9-14(12-21(15)3)26(24,25)22-8-7-19-11-16(22)13-5-4-6-18-10-13/h4-6,9-10,12,16,19H,7-8,11H2,1-3H3. The van der Waals surface area contributed by atoms with E-state index in [4.69, 9.17) is 0 Å². The Morgan fingerprint density at radius 3 is 2.81 bits per heavy atom. The summed E-state index contributed by atoms with van der Waals surface area (Å²) in [6.45, 7) is 1.45. The van der Waals surface area contributed by atoms with E-state index in [9.17, 15) is 13.2 Å². The van der Waals surface area contributed by atoms with E-state index in [0.717, 1.165) is 5.56 Å². The van der Waals surface area contributed by atoms with Crippen LogP contribution in [0.5, 0.6) is 0 Å². The zero-order valence-electron chi connectivity index (χ0n) is 15.1. The minimum atomic E-state index is -3.75. The highest BCUT2D eigenvalue weighted by atomic mass is 32.2. The van der Waals surface area contributed by atoms with Crippen LogP contribution in [0.3, 0.4) is 0 Å². The summed E-state index contributed by atoms with van der Waals surface area (Å²) >= 11 is 0. The van der Waals surface area contributed by atoms with Crippen LogP contribution in [0, 0.1) is 0 Å². The molecule has 140 valence electrons. The molecule has 3 rings (SSSR count). The normalized spacial score (nSPS) is 18.7. The molecule has 0 spiro atoms. The van der Waals surface area contributed by atoms with Crippen LogP contribution >= 0.6 is 0 Å². The highest BCUT2D eigenvalue weighted by Crippen LogP contribution is 2.29. The van der Waals surface area contributed by atoms with Crippen molar-refractivity contribution in [3.8, 4) is 0 Å². The van der Waals surface area contributed by atoms with Crippen LogP contribution in [0.15, 0.2) is 41.7 Å². The first-order valence-electron chi connectivity index (χ1n) is 8.33. The fourth-order valence-corrected chi connectivity index (χ4v) is 4.77. The quantitative estimate of drug-likeness (QED) is 0.836. The highest BCUT2D eigenvalue weighted by molar-refractivity contribution is 7.89. The molecule has 1 saturated heterocycles. The van der Waals surface area contributed by atoms with E-state index in [1.54, 1.807) is 44.2 Å².